The summed E-state index contributed by atoms with van der Waals surface area (Å²) in [5.74, 6) is -3.02. The van der Waals surface area contributed by atoms with Crippen LogP contribution in [0.4, 0.5) is 4.79 Å². The molecule has 0 aliphatic carbocycles. The number of alkyl carbamates (subject to hydrolysis) is 1. The van der Waals surface area contributed by atoms with E-state index in [0.29, 0.717) is 0 Å². The van der Waals surface area contributed by atoms with Gasteiger partial charge in [-0.25, -0.2) is 4.79 Å². The van der Waals surface area contributed by atoms with Crippen LogP contribution in [0.2, 0.25) is 0 Å². The highest BCUT2D eigenvalue weighted by atomic mass is 16.7. The lowest BCUT2D eigenvalue weighted by Crippen LogP contribution is -2.34. The summed E-state index contributed by atoms with van der Waals surface area (Å²) in [5, 5.41) is 11.5. The van der Waals surface area contributed by atoms with Gasteiger partial charge >= 0.3 is 18.0 Å². The molecule has 0 aliphatic heterocycles. The molecule has 0 radical (unpaired) electrons. The molecule has 25 heavy (non-hydrogen) atoms. The first kappa shape index (κ1) is 20.1. The van der Waals surface area contributed by atoms with Gasteiger partial charge in [-0.2, -0.15) is 0 Å². The molecule has 1 rings (SSSR count). The van der Waals surface area contributed by atoms with Gasteiger partial charge in [0, 0.05) is 20.3 Å². The van der Waals surface area contributed by atoms with Gasteiger partial charge in [0.25, 0.3) is 0 Å². The second kappa shape index (κ2) is 10.1. The van der Waals surface area contributed by atoms with Crippen LogP contribution in [0, 0.1) is 5.92 Å². The quantitative estimate of drug-likeness (QED) is 0.511. The van der Waals surface area contributed by atoms with Crippen molar-refractivity contribution in [2.75, 3.05) is 6.54 Å². The third-order valence-corrected chi connectivity index (χ3v) is 3.18. The number of carboxylic acid groups (broad SMARTS) is 1. The Bertz CT molecular complexity index is 615. The average Bonchev–Trinajstić information content (AvgIpc) is 2.52. The Morgan fingerprint density at radius 3 is 2.32 bits per heavy atom. The van der Waals surface area contributed by atoms with E-state index in [4.69, 9.17) is 4.74 Å². The van der Waals surface area contributed by atoms with Crippen molar-refractivity contribution in [3.63, 3.8) is 0 Å². The number of hydrogen-bond acceptors (Lipinski definition) is 6. The van der Waals surface area contributed by atoms with Gasteiger partial charge in [0.05, 0.1) is 12.5 Å². The fourth-order valence-corrected chi connectivity index (χ4v) is 2.11. The first-order chi connectivity index (χ1) is 11.8. The zero-order valence-corrected chi connectivity index (χ0v) is 14.1. The predicted molar refractivity (Wildman–Crippen MR) is 86.6 cm³/mol. The van der Waals surface area contributed by atoms with Crippen LogP contribution in [-0.4, -0.2) is 41.8 Å². The van der Waals surface area contributed by atoms with Crippen molar-refractivity contribution in [3.8, 4) is 0 Å². The molecule has 0 bridgehead atoms. The van der Waals surface area contributed by atoms with E-state index < -0.39 is 36.0 Å². The SMILES string of the molecule is CC(=O)OC(C)OC(=O)NCC(=O)CC(Cc1ccccc1)C(=O)O. The van der Waals surface area contributed by atoms with Gasteiger partial charge < -0.3 is 19.9 Å². The maximum Gasteiger partial charge on any atom is 0.410 e. The summed E-state index contributed by atoms with van der Waals surface area (Å²) in [6, 6.07) is 8.96. The molecule has 0 aliphatic rings. The molecular weight excluding hydrogens is 330 g/mol. The van der Waals surface area contributed by atoms with Crippen LogP contribution in [-0.2, 0) is 30.3 Å². The van der Waals surface area contributed by atoms with Gasteiger partial charge in [0.1, 0.15) is 0 Å². The molecule has 0 saturated carbocycles. The second-order valence-corrected chi connectivity index (χ2v) is 5.40. The monoisotopic (exact) mass is 351 g/mol. The maximum atomic E-state index is 11.9. The number of carbonyl (C=O) groups excluding carboxylic acids is 3. The van der Waals surface area contributed by atoms with Crippen molar-refractivity contribution in [2.24, 2.45) is 5.92 Å². The molecule has 8 heteroatoms. The van der Waals surface area contributed by atoms with Gasteiger partial charge in [0.2, 0.25) is 6.29 Å². The van der Waals surface area contributed by atoms with Crippen LogP contribution in [0.25, 0.3) is 0 Å². The van der Waals surface area contributed by atoms with Gasteiger partial charge in [-0.1, -0.05) is 30.3 Å². The van der Waals surface area contributed by atoms with Crippen molar-refractivity contribution < 1.29 is 33.8 Å². The van der Waals surface area contributed by atoms with Crippen molar-refractivity contribution in [1.82, 2.24) is 5.32 Å². The molecule has 136 valence electrons. The van der Waals surface area contributed by atoms with E-state index >= 15 is 0 Å². The number of carboxylic acids is 1. The minimum Gasteiger partial charge on any atom is -0.481 e. The fraction of sp³-hybridized carbons (Fsp3) is 0.412. The van der Waals surface area contributed by atoms with Gasteiger partial charge in [-0.15, -0.1) is 0 Å². The summed E-state index contributed by atoms with van der Waals surface area (Å²) in [5.41, 5.74) is 0.810. The number of benzene rings is 1. The zero-order valence-electron chi connectivity index (χ0n) is 14.1. The van der Waals surface area contributed by atoms with Gasteiger partial charge in [0.15, 0.2) is 5.78 Å². The zero-order chi connectivity index (χ0) is 18.8. The number of esters is 1. The number of ketones is 1. The van der Waals surface area contributed by atoms with Crippen LogP contribution < -0.4 is 5.32 Å². The summed E-state index contributed by atoms with van der Waals surface area (Å²) < 4.78 is 9.30. The highest BCUT2D eigenvalue weighted by molar-refractivity contribution is 5.87. The molecule has 0 fully saturated rings. The van der Waals surface area contributed by atoms with Crippen LogP contribution in [0.5, 0.6) is 0 Å². The first-order valence-electron chi connectivity index (χ1n) is 7.68. The summed E-state index contributed by atoms with van der Waals surface area (Å²) in [6.07, 6.45) is -2.02. The lowest BCUT2D eigenvalue weighted by Gasteiger charge is -2.14. The molecule has 8 nitrogen and oxygen atoms in total. The van der Waals surface area contributed by atoms with Crippen molar-refractivity contribution >= 4 is 23.8 Å². The highest BCUT2D eigenvalue weighted by Crippen LogP contribution is 2.13. The molecule has 0 saturated heterocycles. The number of carbonyl (C=O) groups is 4. The lowest BCUT2D eigenvalue weighted by atomic mass is 9.94. The van der Waals surface area contributed by atoms with Gasteiger partial charge in [-0.3, -0.25) is 14.4 Å². The van der Waals surface area contributed by atoms with E-state index in [2.05, 4.69) is 10.1 Å². The van der Waals surface area contributed by atoms with Crippen molar-refractivity contribution in [2.45, 2.75) is 33.0 Å². The topological polar surface area (TPSA) is 119 Å². The number of aliphatic carboxylic acids is 1. The molecular formula is C17H21NO7. The summed E-state index contributed by atoms with van der Waals surface area (Å²) in [7, 11) is 0. The summed E-state index contributed by atoms with van der Waals surface area (Å²) in [6.45, 7) is 2.15. The molecule has 0 heterocycles. The van der Waals surface area contributed by atoms with Crippen LogP contribution >= 0.6 is 0 Å². The van der Waals surface area contributed by atoms with E-state index in [-0.39, 0.29) is 19.4 Å². The average molecular weight is 351 g/mol. The molecule has 1 aromatic rings. The van der Waals surface area contributed by atoms with Crippen LogP contribution in [0.15, 0.2) is 30.3 Å². The van der Waals surface area contributed by atoms with Crippen LogP contribution in [0.1, 0.15) is 25.8 Å². The second-order valence-electron chi connectivity index (χ2n) is 5.40. The van der Waals surface area contributed by atoms with Crippen molar-refractivity contribution in [1.29, 1.82) is 0 Å². The van der Waals surface area contributed by atoms with E-state index in [1.54, 1.807) is 24.3 Å². The highest BCUT2D eigenvalue weighted by Gasteiger charge is 2.22. The smallest absolute Gasteiger partial charge is 0.410 e. The first-order valence-corrected chi connectivity index (χ1v) is 7.68. The molecule has 2 atom stereocenters. The van der Waals surface area contributed by atoms with Crippen LogP contribution in [0.3, 0.4) is 0 Å². The fourth-order valence-electron chi connectivity index (χ4n) is 2.11. The van der Waals surface area contributed by atoms with E-state index in [1.807, 2.05) is 6.07 Å². The number of ether oxygens (including phenoxy) is 2. The Labute approximate surface area is 145 Å². The molecule has 2 unspecified atom stereocenters. The third-order valence-electron chi connectivity index (χ3n) is 3.18. The third kappa shape index (κ3) is 8.50. The number of rotatable bonds is 9. The molecule has 0 aromatic heterocycles. The predicted octanol–water partition coefficient (Wildman–Crippen LogP) is 1.52. The minimum atomic E-state index is -1.09. The van der Waals surface area contributed by atoms with E-state index in [9.17, 15) is 24.3 Å². The Kier molecular flexibility index (Phi) is 8.11. The Hall–Kier alpha value is -2.90. The maximum absolute atomic E-state index is 11.9. The van der Waals surface area contributed by atoms with E-state index in [1.165, 1.54) is 13.8 Å². The van der Waals surface area contributed by atoms with Gasteiger partial charge in [-0.05, 0) is 12.0 Å². The Morgan fingerprint density at radius 2 is 1.76 bits per heavy atom. The normalized spacial score (nSPS) is 12.6. The largest absolute Gasteiger partial charge is 0.481 e. The number of Topliss-reactive ketones (excluding diaryl/α,β-unsaturated/α-hetero) is 1. The Balaban J connectivity index is 2.43. The molecule has 1 amide bonds. The number of amides is 1. The lowest BCUT2D eigenvalue weighted by molar-refractivity contribution is -0.162. The standard InChI is InChI=1S/C17H21NO7/c1-11(19)24-12(2)25-17(23)18-10-15(20)9-14(16(21)22)8-13-6-4-3-5-7-13/h3-7,12,14H,8-10H2,1-2H3,(H,18,23)(H,21,22). The number of hydrogen-bond donors (Lipinski definition) is 2. The van der Waals surface area contributed by atoms with E-state index in [0.717, 1.165) is 5.56 Å². The molecule has 0 spiro atoms. The number of nitrogens with one attached hydrogen (secondary N) is 1. The van der Waals surface area contributed by atoms with Crippen molar-refractivity contribution in [3.05, 3.63) is 35.9 Å². The molecule has 2 N–H and O–H groups in total. The summed E-state index contributed by atoms with van der Waals surface area (Å²) in [4.78, 5) is 45.4. The summed E-state index contributed by atoms with van der Waals surface area (Å²) >= 11 is 0. The molecule has 1 aromatic carbocycles. The Morgan fingerprint density at radius 1 is 1.12 bits per heavy atom. The minimum absolute atomic E-state index is 0.218.